The summed E-state index contributed by atoms with van der Waals surface area (Å²) in [4.78, 5) is 28.6. The van der Waals surface area contributed by atoms with Gasteiger partial charge < -0.3 is 4.90 Å². The van der Waals surface area contributed by atoms with Crippen molar-refractivity contribution in [2.24, 2.45) is 0 Å². The fourth-order valence-electron chi connectivity index (χ4n) is 3.44. The predicted molar refractivity (Wildman–Crippen MR) is 108 cm³/mol. The maximum atomic E-state index is 12.6. The summed E-state index contributed by atoms with van der Waals surface area (Å²) in [7, 11) is 0. The first-order valence-electron chi connectivity index (χ1n) is 8.92. The SMILES string of the molecule is C=CCN1C(=O)C(=Cc2ccc3c(c2)CCCN3CCC)C(=O)NC1=S. The fourth-order valence-corrected chi connectivity index (χ4v) is 3.69. The van der Waals surface area contributed by atoms with E-state index < -0.39 is 5.91 Å². The third-order valence-corrected chi connectivity index (χ3v) is 4.94. The third-order valence-electron chi connectivity index (χ3n) is 4.62. The number of rotatable bonds is 5. The van der Waals surface area contributed by atoms with Gasteiger partial charge in [-0.1, -0.05) is 19.1 Å². The van der Waals surface area contributed by atoms with Gasteiger partial charge in [0.1, 0.15) is 5.57 Å². The van der Waals surface area contributed by atoms with Gasteiger partial charge in [0.05, 0.1) is 0 Å². The van der Waals surface area contributed by atoms with Crippen molar-refractivity contribution in [3.8, 4) is 0 Å². The molecule has 2 aliphatic heterocycles. The Morgan fingerprint density at radius 1 is 1.35 bits per heavy atom. The largest absolute Gasteiger partial charge is 0.371 e. The topological polar surface area (TPSA) is 52.7 Å². The smallest absolute Gasteiger partial charge is 0.265 e. The van der Waals surface area contributed by atoms with Crippen molar-refractivity contribution in [2.45, 2.75) is 26.2 Å². The molecule has 26 heavy (non-hydrogen) atoms. The molecule has 136 valence electrons. The molecule has 1 aromatic rings. The summed E-state index contributed by atoms with van der Waals surface area (Å²) in [5, 5.41) is 2.70. The molecule has 1 fully saturated rings. The van der Waals surface area contributed by atoms with Gasteiger partial charge in [-0.05, 0) is 60.8 Å². The highest BCUT2D eigenvalue weighted by atomic mass is 32.1. The van der Waals surface area contributed by atoms with E-state index in [0.717, 1.165) is 37.9 Å². The minimum atomic E-state index is -0.453. The highest BCUT2D eigenvalue weighted by Crippen LogP contribution is 2.29. The molecule has 0 aromatic heterocycles. The molecule has 2 amide bonds. The Hall–Kier alpha value is -2.47. The van der Waals surface area contributed by atoms with Crippen LogP contribution in [0.2, 0.25) is 0 Å². The molecule has 1 aromatic carbocycles. The molecule has 1 saturated heterocycles. The van der Waals surface area contributed by atoms with Gasteiger partial charge in [-0.3, -0.25) is 19.8 Å². The Bertz CT molecular complexity index is 800. The summed E-state index contributed by atoms with van der Waals surface area (Å²) < 4.78 is 0. The van der Waals surface area contributed by atoms with Gasteiger partial charge >= 0.3 is 0 Å². The van der Waals surface area contributed by atoms with Gasteiger partial charge in [0.15, 0.2) is 5.11 Å². The molecule has 0 saturated carbocycles. The van der Waals surface area contributed by atoms with Gasteiger partial charge in [0.2, 0.25) is 0 Å². The number of fused-ring (bicyclic) bond motifs is 1. The second-order valence-corrected chi connectivity index (χ2v) is 6.89. The first-order valence-corrected chi connectivity index (χ1v) is 9.33. The van der Waals surface area contributed by atoms with Crippen molar-refractivity contribution in [1.29, 1.82) is 0 Å². The van der Waals surface area contributed by atoms with E-state index in [4.69, 9.17) is 12.2 Å². The van der Waals surface area contributed by atoms with Gasteiger partial charge in [-0.15, -0.1) is 6.58 Å². The summed E-state index contributed by atoms with van der Waals surface area (Å²) in [6.07, 6.45) is 6.47. The second-order valence-electron chi connectivity index (χ2n) is 6.50. The number of amides is 2. The minimum absolute atomic E-state index is 0.0987. The van der Waals surface area contributed by atoms with Crippen molar-refractivity contribution in [1.82, 2.24) is 10.2 Å². The van der Waals surface area contributed by atoms with Crippen molar-refractivity contribution < 1.29 is 9.59 Å². The zero-order chi connectivity index (χ0) is 18.7. The van der Waals surface area contributed by atoms with E-state index in [1.54, 1.807) is 12.2 Å². The molecule has 0 bridgehead atoms. The van der Waals surface area contributed by atoms with Gasteiger partial charge in [-0.2, -0.15) is 0 Å². The predicted octanol–water partition coefficient (Wildman–Crippen LogP) is 2.66. The lowest BCUT2D eigenvalue weighted by Crippen LogP contribution is -2.53. The molecule has 0 spiro atoms. The van der Waals surface area contributed by atoms with Crippen LogP contribution < -0.4 is 10.2 Å². The molecule has 3 rings (SSSR count). The van der Waals surface area contributed by atoms with E-state index in [-0.39, 0.29) is 23.1 Å². The van der Waals surface area contributed by atoms with E-state index >= 15 is 0 Å². The van der Waals surface area contributed by atoms with Crippen LogP contribution in [0.4, 0.5) is 5.69 Å². The normalized spacial score (nSPS) is 18.8. The first-order chi connectivity index (χ1) is 12.5. The van der Waals surface area contributed by atoms with E-state index in [2.05, 4.69) is 35.9 Å². The lowest BCUT2D eigenvalue weighted by atomic mass is 9.97. The molecule has 6 heteroatoms. The fraction of sp³-hybridized carbons (Fsp3) is 0.350. The lowest BCUT2D eigenvalue weighted by Gasteiger charge is -2.31. The summed E-state index contributed by atoms with van der Waals surface area (Å²) in [5.74, 6) is -0.838. The number of carbonyl (C=O) groups is 2. The summed E-state index contributed by atoms with van der Waals surface area (Å²) in [6.45, 7) is 8.20. The number of anilines is 1. The molecule has 2 heterocycles. The average Bonchev–Trinajstić information content (AvgIpc) is 2.62. The Balaban J connectivity index is 1.91. The third kappa shape index (κ3) is 3.55. The molecule has 0 radical (unpaired) electrons. The van der Waals surface area contributed by atoms with Crippen LogP contribution in [0.3, 0.4) is 0 Å². The Morgan fingerprint density at radius 3 is 2.88 bits per heavy atom. The summed E-state index contributed by atoms with van der Waals surface area (Å²) >= 11 is 5.07. The number of carbonyl (C=O) groups excluding carboxylic acids is 2. The quantitative estimate of drug-likeness (QED) is 0.375. The number of nitrogens with one attached hydrogen (secondary N) is 1. The van der Waals surface area contributed by atoms with Gasteiger partial charge in [-0.25, -0.2) is 0 Å². The number of benzene rings is 1. The van der Waals surface area contributed by atoms with Crippen LogP contribution in [-0.4, -0.2) is 41.5 Å². The van der Waals surface area contributed by atoms with Crippen LogP contribution in [0.5, 0.6) is 0 Å². The van der Waals surface area contributed by atoms with Crippen molar-refractivity contribution in [3.05, 3.63) is 47.6 Å². The summed E-state index contributed by atoms with van der Waals surface area (Å²) in [5.41, 5.74) is 3.48. The highest BCUT2D eigenvalue weighted by Gasteiger charge is 2.32. The molecule has 0 unspecified atom stereocenters. The lowest BCUT2D eigenvalue weighted by molar-refractivity contribution is -0.128. The van der Waals surface area contributed by atoms with Crippen LogP contribution >= 0.6 is 12.2 Å². The highest BCUT2D eigenvalue weighted by molar-refractivity contribution is 7.80. The minimum Gasteiger partial charge on any atom is -0.371 e. The molecule has 2 aliphatic rings. The van der Waals surface area contributed by atoms with E-state index in [9.17, 15) is 9.59 Å². The molecule has 5 nitrogen and oxygen atoms in total. The number of hydrogen-bond acceptors (Lipinski definition) is 4. The zero-order valence-corrected chi connectivity index (χ0v) is 15.8. The van der Waals surface area contributed by atoms with Crippen LogP contribution in [-0.2, 0) is 16.0 Å². The van der Waals surface area contributed by atoms with Crippen LogP contribution in [0.15, 0.2) is 36.4 Å². The first kappa shape index (κ1) is 18.3. The van der Waals surface area contributed by atoms with Crippen LogP contribution in [0.1, 0.15) is 30.9 Å². The zero-order valence-electron chi connectivity index (χ0n) is 15.0. The number of hydrogen-bond donors (Lipinski definition) is 1. The standard InChI is InChI=1S/C20H23N3O2S/c1-3-9-22-11-5-6-15-12-14(7-8-17(15)22)13-16-18(24)21-20(26)23(10-4-2)19(16)25/h4,7-8,12-13H,2-3,5-6,9-11H2,1H3,(H,21,24,26). The molecular weight excluding hydrogens is 346 g/mol. The molecule has 0 aliphatic carbocycles. The second kappa shape index (κ2) is 7.83. The van der Waals surface area contributed by atoms with Crippen LogP contribution in [0, 0.1) is 0 Å². The molecule has 0 atom stereocenters. The van der Waals surface area contributed by atoms with E-state index in [1.165, 1.54) is 16.2 Å². The average molecular weight is 369 g/mol. The number of aryl methyl sites for hydroxylation is 1. The van der Waals surface area contributed by atoms with Crippen molar-refractivity contribution >= 4 is 40.9 Å². The van der Waals surface area contributed by atoms with Crippen molar-refractivity contribution in [2.75, 3.05) is 24.5 Å². The van der Waals surface area contributed by atoms with Gasteiger partial charge in [0.25, 0.3) is 11.8 Å². The molecule has 1 N–H and O–H groups in total. The summed E-state index contributed by atoms with van der Waals surface area (Å²) in [6, 6.07) is 6.13. The maximum absolute atomic E-state index is 12.6. The van der Waals surface area contributed by atoms with E-state index in [0.29, 0.717) is 0 Å². The maximum Gasteiger partial charge on any atom is 0.265 e. The Morgan fingerprint density at radius 2 is 2.15 bits per heavy atom. The van der Waals surface area contributed by atoms with Gasteiger partial charge in [0, 0.05) is 25.3 Å². The number of thiocarbonyl (C=S) groups is 1. The van der Waals surface area contributed by atoms with E-state index in [1.807, 2.05) is 6.07 Å². The monoisotopic (exact) mass is 369 g/mol. The van der Waals surface area contributed by atoms with Crippen molar-refractivity contribution in [3.63, 3.8) is 0 Å². The number of nitrogens with zero attached hydrogens (tertiary/aromatic N) is 2. The van der Waals surface area contributed by atoms with Crippen LogP contribution in [0.25, 0.3) is 6.08 Å². The molecular formula is C20H23N3O2S. The Labute approximate surface area is 159 Å². The Kier molecular flexibility index (Phi) is 5.52.